The monoisotopic (exact) mass is 1510 g/mol. The van der Waals surface area contributed by atoms with Gasteiger partial charge < -0.3 is 62.1 Å². The third-order valence-electron chi connectivity index (χ3n) is 12.0. The first kappa shape index (κ1) is 85.0. The second kappa shape index (κ2) is 46.1. The van der Waals surface area contributed by atoms with Crippen LogP contribution in [0, 0.1) is 13.8 Å². The SMILES string of the molecule is [CH2-]CN1CCN(CC(=O)NCCCC(=O)c2cccc(OC(C)=O)c2OC(C)=O)CCN(CC(=O)NCCNC(=O)c2cccc(OC(C)=O)c2OC(C)=O)CCN(CC(=O)NCCNC(=O)c2cccc(OC(C)=O)c2C)CC1.[K].[Y].[Y].[Y].[Y]. The van der Waals surface area contributed by atoms with Gasteiger partial charge in [-0.25, -0.2) is 0 Å². The Morgan fingerprint density at radius 1 is 0.424 bits per heavy atom. The molecule has 1 heterocycles. The molecule has 0 spiro atoms. The Morgan fingerprint density at radius 2 is 0.741 bits per heavy atom. The molecule has 30 heteroatoms. The van der Waals surface area contributed by atoms with Crippen LogP contribution in [-0.2, 0) is 169 Å². The molecule has 0 aromatic heterocycles. The third kappa shape index (κ3) is 32.5. The van der Waals surface area contributed by atoms with Crippen LogP contribution >= 0.6 is 0 Å². The van der Waals surface area contributed by atoms with Gasteiger partial charge in [-0.3, -0.25) is 67.4 Å². The molecule has 0 atom stereocenters. The van der Waals surface area contributed by atoms with E-state index in [0.29, 0.717) is 70.0 Å². The van der Waals surface area contributed by atoms with E-state index in [0.717, 1.165) is 20.8 Å². The number of carbonyl (C=O) groups excluding carboxylic acids is 11. The van der Waals surface area contributed by atoms with Gasteiger partial charge in [0.15, 0.2) is 28.8 Å². The van der Waals surface area contributed by atoms with E-state index in [4.69, 9.17) is 23.7 Å². The van der Waals surface area contributed by atoms with Gasteiger partial charge >= 0.3 is 29.8 Å². The Kier molecular flexibility index (Phi) is 46.1. The summed E-state index contributed by atoms with van der Waals surface area (Å²) in [7, 11) is 0. The maximum Gasteiger partial charge on any atom is 0.308 e. The predicted molar refractivity (Wildman–Crippen MR) is 295 cm³/mol. The van der Waals surface area contributed by atoms with Gasteiger partial charge in [-0.05, 0) is 49.7 Å². The molecule has 5 N–H and O–H groups in total. The number of rotatable bonds is 25. The number of para-hydroxylation sites is 2. The average molecular weight is 1510 g/mol. The maximum atomic E-state index is 13.5. The van der Waals surface area contributed by atoms with Gasteiger partial charge in [0.05, 0.1) is 30.8 Å². The Balaban J connectivity index is 0. The molecule has 5 radical (unpaired) electrons. The summed E-state index contributed by atoms with van der Waals surface area (Å²) in [4.78, 5) is 146. The van der Waals surface area contributed by atoms with E-state index in [2.05, 4.69) is 38.4 Å². The summed E-state index contributed by atoms with van der Waals surface area (Å²) in [6.07, 6.45) is 0.210. The zero-order chi connectivity index (χ0) is 58.7. The van der Waals surface area contributed by atoms with Gasteiger partial charge in [-0.1, -0.05) is 18.2 Å². The number of carbonyl (C=O) groups is 11. The fourth-order valence-corrected chi connectivity index (χ4v) is 8.14. The van der Waals surface area contributed by atoms with E-state index in [1.807, 2.05) is 14.7 Å². The molecule has 1 saturated heterocycles. The molecule has 447 valence electrons. The Labute approximate surface area is 639 Å². The molecule has 1 aliphatic rings. The molecule has 3 aromatic carbocycles. The quantitative estimate of drug-likeness (QED) is 0.0192. The Morgan fingerprint density at radius 3 is 1.14 bits per heavy atom. The van der Waals surface area contributed by atoms with Gasteiger partial charge in [0.25, 0.3) is 11.8 Å². The minimum Gasteiger partial charge on any atom is -0.426 e. The number of benzene rings is 3. The largest absolute Gasteiger partial charge is 0.426 e. The van der Waals surface area contributed by atoms with Crippen molar-refractivity contribution in [1.82, 2.24) is 46.2 Å². The molecule has 0 aliphatic carbocycles. The van der Waals surface area contributed by atoms with Gasteiger partial charge in [-0.15, -0.1) is 6.54 Å². The van der Waals surface area contributed by atoms with Crippen LogP contribution in [0.1, 0.15) is 84.1 Å². The van der Waals surface area contributed by atoms with E-state index in [1.54, 1.807) is 25.1 Å². The van der Waals surface area contributed by atoms with Crippen LogP contribution in [0.5, 0.6) is 28.7 Å². The number of Topliss-reactive ketones (excluding diaryl/α,β-unsaturated/α-hetero) is 1. The summed E-state index contributed by atoms with van der Waals surface area (Å²) < 4.78 is 25.9. The second-order valence-corrected chi connectivity index (χ2v) is 18.4. The van der Waals surface area contributed by atoms with Gasteiger partial charge in [0.1, 0.15) is 5.75 Å². The molecule has 5 amide bonds. The summed E-state index contributed by atoms with van der Waals surface area (Å²) in [5.74, 6) is -6.13. The number of ether oxygens (including phenoxy) is 5. The van der Waals surface area contributed by atoms with E-state index in [1.165, 1.54) is 50.2 Å². The van der Waals surface area contributed by atoms with Crippen molar-refractivity contribution in [3.63, 3.8) is 0 Å². The van der Waals surface area contributed by atoms with Gasteiger partial charge in [0, 0.05) is 319 Å². The maximum absolute atomic E-state index is 13.5. The van der Waals surface area contributed by atoms with Crippen LogP contribution in [0.15, 0.2) is 54.6 Å². The minimum atomic E-state index is -0.746. The molecule has 85 heavy (non-hydrogen) atoms. The first-order valence-electron chi connectivity index (χ1n) is 26.0. The van der Waals surface area contributed by atoms with Crippen molar-refractivity contribution in [3.8, 4) is 28.7 Å². The third-order valence-corrected chi connectivity index (χ3v) is 12.0. The molecular weight excluding hydrogens is 1440 g/mol. The number of ketones is 1. The zero-order valence-corrected chi connectivity index (χ0v) is 63.9. The van der Waals surface area contributed by atoms with Crippen LogP contribution in [0.25, 0.3) is 0 Å². The van der Waals surface area contributed by atoms with Crippen LogP contribution in [0.3, 0.4) is 0 Å². The number of hydrogen-bond acceptors (Lipinski definition) is 20. The number of esters is 5. The Hall–Kier alpha value is -2.08. The van der Waals surface area contributed by atoms with Crippen molar-refractivity contribution in [2.75, 3.05) is 111 Å². The second-order valence-electron chi connectivity index (χ2n) is 18.4. The van der Waals surface area contributed by atoms with Crippen molar-refractivity contribution in [2.24, 2.45) is 0 Å². The van der Waals surface area contributed by atoms with Crippen LogP contribution in [0.2, 0.25) is 0 Å². The molecule has 0 saturated carbocycles. The summed E-state index contributed by atoms with van der Waals surface area (Å²) in [5, 5.41) is 14.0. The summed E-state index contributed by atoms with van der Waals surface area (Å²) in [6.45, 7) is 15.5. The van der Waals surface area contributed by atoms with E-state index < -0.39 is 47.4 Å². The topological polar surface area (TPSA) is 307 Å². The fraction of sp³-hybridized carbons (Fsp3) is 0.455. The van der Waals surface area contributed by atoms with Crippen LogP contribution in [0.4, 0.5) is 0 Å². The summed E-state index contributed by atoms with van der Waals surface area (Å²) >= 11 is 0. The minimum absolute atomic E-state index is 0. The first-order valence-corrected chi connectivity index (χ1v) is 26.0. The first-order chi connectivity index (χ1) is 38.1. The molecule has 4 rings (SSSR count). The smallest absolute Gasteiger partial charge is 0.308 e. The van der Waals surface area contributed by atoms with Crippen molar-refractivity contribution >= 4 is 117 Å². The zero-order valence-electron chi connectivity index (χ0n) is 49.5. The standard InChI is InChI=1S/C55H72N9O16.K.4Y/c1-8-61-25-27-62(33-49(71)56-20-12-16-45(70)43-14-10-18-47(77-38(4)66)52(43)79-40(6)68)29-31-64(35-51(73)58-22-24-60-55(75)44-15-11-19-48(78-39(5)67)53(44)80-41(7)69)32-30-63(28-26-61)34-50(72)57-21-23-59-54(74)42-13-9-17-46(36(42)2)76-37(3)65;;;;;/h9-11,13-15,17-19H,1,8,12,16,20-35H2,2-7H3,(H,56,71)(H,57,72)(H,58,73)(H,59,74)(H,60,75);;;;;/q-1;;;;;. The molecule has 0 unspecified atom stereocenters. The van der Waals surface area contributed by atoms with Crippen molar-refractivity contribution in [3.05, 3.63) is 83.8 Å². The molecule has 1 fully saturated rings. The summed E-state index contributed by atoms with van der Waals surface area (Å²) in [5.41, 5.74) is 0.778. The molecular formula is C55H72KN9O16Y4-. The molecule has 1 aliphatic heterocycles. The fourth-order valence-electron chi connectivity index (χ4n) is 8.14. The number of nitrogens with one attached hydrogen (secondary N) is 5. The van der Waals surface area contributed by atoms with Crippen molar-refractivity contribution < 1.29 is 207 Å². The van der Waals surface area contributed by atoms with Crippen molar-refractivity contribution in [2.45, 2.75) is 54.4 Å². The predicted octanol–water partition coefficient (Wildman–Crippen LogP) is 0.458. The normalized spacial score (nSPS) is 12.9. The summed E-state index contributed by atoms with van der Waals surface area (Å²) in [6, 6.07) is 13.4. The van der Waals surface area contributed by atoms with Crippen molar-refractivity contribution in [1.29, 1.82) is 0 Å². The van der Waals surface area contributed by atoms with E-state index >= 15 is 0 Å². The average Bonchev–Trinajstić information content (AvgIpc) is 3.61. The number of amides is 5. The van der Waals surface area contributed by atoms with Gasteiger partial charge in [0.2, 0.25) is 17.7 Å². The molecule has 0 bridgehead atoms. The van der Waals surface area contributed by atoms with Crippen LogP contribution in [-0.4, -0.2) is 247 Å². The Bertz CT molecular complexity index is 2750. The number of nitrogens with zero attached hydrogens (tertiary/aromatic N) is 4. The van der Waals surface area contributed by atoms with E-state index in [9.17, 15) is 52.7 Å². The van der Waals surface area contributed by atoms with Crippen LogP contribution < -0.4 is 50.3 Å². The molecule has 25 nitrogen and oxygen atoms in total. The van der Waals surface area contributed by atoms with Gasteiger partial charge in [-0.2, -0.15) is 0 Å². The number of hydrogen-bond donors (Lipinski definition) is 5. The molecule has 3 aromatic rings. The van der Waals surface area contributed by atoms with E-state index in [-0.39, 0.29) is 305 Å².